The van der Waals surface area contributed by atoms with Crippen LogP contribution < -0.4 is 10.5 Å². The molecule has 0 spiro atoms. The standard InChI is InChI=1S/C16H18N4O3/c1-16(2,22)9-23-12-6-7-19-15-13(12)10(8-20-15)4-5-11(18-3)14(17)21/h5-8,22H,4,9H2,1-2H3,(H2,17,21)(H,19,20)/b11-5-. The smallest absolute Gasteiger partial charge is 0.247 e. The van der Waals surface area contributed by atoms with Crippen molar-refractivity contribution in [1.82, 2.24) is 9.97 Å². The molecule has 7 heteroatoms. The van der Waals surface area contributed by atoms with Crippen LogP contribution in [0, 0.1) is 6.57 Å². The molecule has 0 aliphatic carbocycles. The van der Waals surface area contributed by atoms with Crippen LogP contribution in [0.2, 0.25) is 0 Å². The Labute approximate surface area is 133 Å². The number of carbonyl (C=O) groups excluding carboxylic acids is 1. The molecular weight excluding hydrogens is 296 g/mol. The van der Waals surface area contributed by atoms with E-state index in [2.05, 4.69) is 14.8 Å². The van der Waals surface area contributed by atoms with Crippen LogP contribution in [0.15, 0.2) is 30.2 Å². The quantitative estimate of drug-likeness (QED) is 0.555. The summed E-state index contributed by atoms with van der Waals surface area (Å²) < 4.78 is 5.68. The first-order chi connectivity index (χ1) is 10.8. The zero-order chi connectivity index (χ0) is 17.0. The van der Waals surface area contributed by atoms with Crippen molar-refractivity contribution in [3.63, 3.8) is 0 Å². The number of nitrogens with one attached hydrogen (secondary N) is 1. The summed E-state index contributed by atoms with van der Waals surface area (Å²) in [5.74, 6) is -0.179. The minimum Gasteiger partial charge on any atom is -0.490 e. The van der Waals surface area contributed by atoms with Crippen LogP contribution in [0.4, 0.5) is 0 Å². The van der Waals surface area contributed by atoms with Gasteiger partial charge in [-0.1, -0.05) is 6.08 Å². The fourth-order valence-corrected chi connectivity index (χ4v) is 2.04. The summed E-state index contributed by atoms with van der Waals surface area (Å²) in [7, 11) is 0. The predicted octanol–water partition coefficient (Wildman–Crippen LogP) is 1.54. The molecule has 2 aromatic rings. The molecule has 0 saturated heterocycles. The van der Waals surface area contributed by atoms with Crippen molar-refractivity contribution < 1.29 is 14.6 Å². The van der Waals surface area contributed by atoms with E-state index in [9.17, 15) is 9.90 Å². The Morgan fingerprint density at radius 3 is 2.96 bits per heavy atom. The number of amides is 1. The lowest BCUT2D eigenvalue weighted by Crippen LogP contribution is -2.27. The van der Waals surface area contributed by atoms with Crippen LogP contribution in [0.25, 0.3) is 15.9 Å². The van der Waals surface area contributed by atoms with Crippen molar-refractivity contribution in [2.75, 3.05) is 6.61 Å². The Morgan fingerprint density at radius 1 is 1.61 bits per heavy atom. The molecule has 0 aliphatic heterocycles. The van der Waals surface area contributed by atoms with Crippen LogP contribution in [0.5, 0.6) is 5.75 Å². The minimum atomic E-state index is -0.963. The van der Waals surface area contributed by atoms with Gasteiger partial charge in [0.05, 0.1) is 17.6 Å². The monoisotopic (exact) mass is 314 g/mol. The number of hydrogen-bond acceptors (Lipinski definition) is 4. The molecule has 0 radical (unpaired) electrons. The van der Waals surface area contributed by atoms with E-state index in [1.165, 1.54) is 6.08 Å². The molecule has 7 nitrogen and oxygen atoms in total. The molecule has 0 saturated carbocycles. The van der Waals surface area contributed by atoms with E-state index < -0.39 is 11.5 Å². The average Bonchev–Trinajstić information content (AvgIpc) is 2.88. The number of nitrogens with two attached hydrogens (primary N) is 1. The Hall–Kier alpha value is -2.85. The van der Waals surface area contributed by atoms with E-state index in [1.807, 2.05) is 0 Å². The van der Waals surface area contributed by atoms with Crippen molar-refractivity contribution in [3.8, 4) is 5.75 Å². The summed E-state index contributed by atoms with van der Waals surface area (Å²) in [6.45, 7) is 10.4. The number of pyridine rings is 1. The van der Waals surface area contributed by atoms with E-state index >= 15 is 0 Å². The normalized spacial score (nSPS) is 12.2. The number of aliphatic hydroxyl groups is 1. The molecule has 1 amide bonds. The van der Waals surface area contributed by atoms with Crippen molar-refractivity contribution in [3.05, 3.63) is 47.2 Å². The van der Waals surface area contributed by atoms with Gasteiger partial charge in [0.1, 0.15) is 18.0 Å². The Balaban J connectivity index is 2.35. The highest BCUT2D eigenvalue weighted by Gasteiger charge is 2.16. The molecule has 0 bridgehead atoms. The SMILES string of the molecule is [C-]#[N+]/C(=C\Cc1c[nH]c2nccc(OCC(C)(C)O)c12)C(N)=O. The zero-order valence-corrected chi connectivity index (χ0v) is 13.0. The van der Waals surface area contributed by atoms with Crippen LogP contribution in [-0.4, -0.2) is 33.2 Å². The first-order valence-corrected chi connectivity index (χ1v) is 6.99. The molecule has 0 aromatic carbocycles. The van der Waals surface area contributed by atoms with Gasteiger partial charge in [0, 0.05) is 12.4 Å². The maximum atomic E-state index is 11.1. The van der Waals surface area contributed by atoms with E-state index in [4.69, 9.17) is 17.0 Å². The van der Waals surface area contributed by atoms with E-state index in [0.717, 1.165) is 10.9 Å². The Bertz CT molecular complexity index is 794. The van der Waals surface area contributed by atoms with Gasteiger partial charge in [0.15, 0.2) is 0 Å². The average molecular weight is 314 g/mol. The van der Waals surface area contributed by atoms with Crippen LogP contribution in [0.1, 0.15) is 19.4 Å². The Kier molecular flexibility index (Phi) is 4.67. The predicted molar refractivity (Wildman–Crippen MR) is 85.5 cm³/mol. The second kappa shape index (κ2) is 6.50. The van der Waals surface area contributed by atoms with Gasteiger partial charge in [0.2, 0.25) is 11.6 Å². The van der Waals surface area contributed by atoms with Crippen LogP contribution in [-0.2, 0) is 11.2 Å². The largest absolute Gasteiger partial charge is 0.490 e. The summed E-state index contributed by atoms with van der Waals surface area (Å²) >= 11 is 0. The number of rotatable bonds is 6. The number of aromatic nitrogens is 2. The van der Waals surface area contributed by atoms with Crippen molar-refractivity contribution >= 4 is 16.9 Å². The first kappa shape index (κ1) is 16.5. The van der Waals surface area contributed by atoms with Crippen molar-refractivity contribution in [2.24, 2.45) is 5.73 Å². The van der Waals surface area contributed by atoms with Gasteiger partial charge in [-0.3, -0.25) is 4.79 Å². The number of nitrogens with zero attached hydrogens (tertiary/aromatic N) is 2. The van der Waals surface area contributed by atoms with Gasteiger partial charge in [-0.2, -0.15) is 0 Å². The number of ether oxygens (including phenoxy) is 1. The number of carbonyl (C=O) groups is 1. The van der Waals surface area contributed by atoms with E-state index in [1.54, 1.807) is 32.3 Å². The third-order valence-corrected chi connectivity index (χ3v) is 3.09. The van der Waals surface area contributed by atoms with Crippen LogP contribution >= 0.6 is 0 Å². The van der Waals surface area contributed by atoms with Crippen molar-refractivity contribution in [2.45, 2.75) is 25.9 Å². The van der Waals surface area contributed by atoms with Gasteiger partial charge in [-0.15, -0.1) is 0 Å². The number of fused-ring (bicyclic) bond motifs is 1. The topological polar surface area (TPSA) is 106 Å². The van der Waals surface area contributed by atoms with Crippen molar-refractivity contribution in [1.29, 1.82) is 0 Å². The van der Waals surface area contributed by atoms with E-state index in [0.29, 0.717) is 17.8 Å². The number of H-pyrrole nitrogens is 1. The zero-order valence-electron chi connectivity index (χ0n) is 13.0. The number of allylic oxidation sites excluding steroid dienone is 1. The molecule has 120 valence electrons. The molecule has 23 heavy (non-hydrogen) atoms. The van der Waals surface area contributed by atoms with Gasteiger partial charge in [-0.05, 0) is 31.9 Å². The third kappa shape index (κ3) is 4.08. The minimum absolute atomic E-state index is 0.109. The number of aromatic amines is 1. The lowest BCUT2D eigenvalue weighted by molar-refractivity contribution is -0.114. The van der Waals surface area contributed by atoms with Gasteiger partial charge < -0.3 is 20.6 Å². The fourth-order valence-electron chi connectivity index (χ4n) is 2.04. The second-order valence-electron chi connectivity index (χ2n) is 5.72. The van der Waals surface area contributed by atoms with Gasteiger partial charge in [-0.25, -0.2) is 9.83 Å². The molecule has 0 aliphatic rings. The lowest BCUT2D eigenvalue weighted by Gasteiger charge is -2.18. The Morgan fingerprint density at radius 2 is 2.35 bits per heavy atom. The summed E-state index contributed by atoms with van der Waals surface area (Å²) in [6.07, 6.45) is 5.16. The summed E-state index contributed by atoms with van der Waals surface area (Å²) in [6, 6.07) is 1.71. The summed E-state index contributed by atoms with van der Waals surface area (Å²) in [5.41, 5.74) is 5.51. The van der Waals surface area contributed by atoms with E-state index in [-0.39, 0.29) is 12.3 Å². The lowest BCUT2D eigenvalue weighted by atomic mass is 10.1. The highest BCUT2D eigenvalue weighted by atomic mass is 16.5. The molecule has 0 fully saturated rings. The second-order valence-corrected chi connectivity index (χ2v) is 5.72. The maximum absolute atomic E-state index is 11.1. The molecule has 2 heterocycles. The molecular formula is C16H18N4O3. The molecule has 0 unspecified atom stereocenters. The highest BCUT2D eigenvalue weighted by molar-refractivity contribution is 5.94. The summed E-state index contributed by atoms with van der Waals surface area (Å²) in [4.78, 5) is 21.4. The van der Waals surface area contributed by atoms with Gasteiger partial charge >= 0.3 is 0 Å². The number of primary amides is 1. The molecule has 2 aromatic heterocycles. The molecule has 2 rings (SSSR count). The van der Waals surface area contributed by atoms with Crippen LogP contribution in [0.3, 0.4) is 0 Å². The molecule has 4 N–H and O–H groups in total. The molecule has 0 atom stereocenters. The highest BCUT2D eigenvalue weighted by Crippen LogP contribution is 2.28. The number of hydrogen-bond donors (Lipinski definition) is 3. The maximum Gasteiger partial charge on any atom is 0.247 e. The van der Waals surface area contributed by atoms with Gasteiger partial charge in [0.25, 0.3) is 0 Å². The fraction of sp³-hybridized carbons (Fsp3) is 0.312. The summed E-state index contributed by atoms with van der Waals surface area (Å²) in [5, 5.41) is 10.5. The first-order valence-electron chi connectivity index (χ1n) is 6.99. The third-order valence-electron chi connectivity index (χ3n) is 3.09.